The molecular formula is C23H32N4O3S. The van der Waals surface area contributed by atoms with Crippen LogP contribution in [0, 0.1) is 13.8 Å². The maximum Gasteiger partial charge on any atom is 0.330 e. The van der Waals surface area contributed by atoms with E-state index in [4.69, 9.17) is 5.73 Å². The molecule has 3 N–H and O–H groups in total. The molecule has 168 valence electrons. The van der Waals surface area contributed by atoms with Crippen LogP contribution in [-0.2, 0) is 11.3 Å². The number of rotatable bonds is 8. The zero-order valence-electron chi connectivity index (χ0n) is 18.6. The van der Waals surface area contributed by atoms with Crippen molar-refractivity contribution >= 4 is 29.2 Å². The smallest absolute Gasteiger partial charge is 0.330 e. The van der Waals surface area contributed by atoms with Crippen molar-refractivity contribution in [2.45, 2.75) is 76.8 Å². The van der Waals surface area contributed by atoms with E-state index in [0.29, 0.717) is 6.54 Å². The van der Waals surface area contributed by atoms with E-state index < -0.39 is 11.2 Å². The summed E-state index contributed by atoms with van der Waals surface area (Å²) >= 11 is 1.47. The monoisotopic (exact) mass is 444 g/mol. The highest BCUT2D eigenvalue weighted by Crippen LogP contribution is 2.31. The molecule has 0 unspecified atom stereocenters. The van der Waals surface area contributed by atoms with Crippen molar-refractivity contribution in [3.05, 3.63) is 50.2 Å². The summed E-state index contributed by atoms with van der Waals surface area (Å²) in [6.07, 6.45) is 5.31. The summed E-state index contributed by atoms with van der Waals surface area (Å²) in [5.41, 5.74) is 7.58. The van der Waals surface area contributed by atoms with Crippen LogP contribution in [0.3, 0.4) is 0 Å². The average molecular weight is 445 g/mol. The molecule has 0 saturated heterocycles. The molecule has 31 heavy (non-hydrogen) atoms. The molecule has 8 heteroatoms. The zero-order valence-corrected chi connectivity index (χ0v) is 19.4. The molecule has 1 aromatic carbocycles. The van der Waals surface area contributed by atoms with E-state index in [0.717, 1.165) is 54.5 Å². The molecular weight excluding hydrogens is 412 g/mol. The number of unbranched alkanes of at least 4 members (excludes halogenated alkanes) is 1. The van der Waals surface area contributed by atoms with Gasteiger partial charge >= 0.3 is 5.69 Å². The number of nitrogens with two attached hydrogens (primary N) is 1. The van der Waals surface area contributed by atoms with Gasteiger partial charge in [-0.15, -0.1) is 11.8 Å². The number of nitrogens with zero attached hydrogens (tertiary/aromatic N) is 2. The number of nitrogen functional groups attached to an aromatic ring is 1. The van der Waals surface area contributed by atoms with Crippen LogP contribution in [0.15, 0.2) is 32.7 Å². The maximum absolute atomic E-state index is 13.4. The standard InChI is InChI=1S/C23H32N4O3S/c1-4-5-12-26-21(24)20(22(29)25-23(26)30)27(17-8-6-7-9-17)19(28)14-31-18-13-15(2)10-11-16(18)3/h10-11,13,17H,4-9,12,14,24H2,1-3H3,(H,25,29,30). The number of anilines is 2. The molecule has 2 aromatic rings. The molecule has 0 aliphatic heterocycles. The number of carbonyl (C=O) groups is 1. The van der Waals surface area contributed by atoms with E-state index in [9.17, 15) is 14.4 Å². The third-order valence-electron chi connectivity index (χ3n) is 5.84. The Morgan fingerprint density at radius 3 is 2.65 bits per heavy atom. The van der Waals surface area contributed by atoms with E-state index in [1.807, 2.05) is 32.9 Å². The molecule has 7 nitrogen and oxygen atoms in total. The Labute approximate surface area is 187 Å². The van der Waals surface area contributed by atoms with Gasteiger partial charge in [0.05, 0.1) is 5.75 Å². The van der Waals surface area contributed by atoms with Gasteiger partial charge in [0.1, 0.15) is 5.82 Å². The van der Waals surface area contributed by atoms with Crippen LogP contribution in [0.4, 0.5) is 11.5 Å². The summed E-state index contributed by atoms with van der Waals surface area (Å²) < 4.78 is 1.38. The molecule has 1 saturated carbocycles. The fraction of sp³-hybridized carbons (Fsp3) is 0.522. The van der Waals surface area contributed by atoms with Gasteiger partial charge < -0.3 is 10.6 Å². The van der Waals surface area contributed by atoms with Crippen molar-refractivity contribution in [3.63, 3.8) is 0 Å². The SMILES string of the molecule is CCCCn1c(N)c(N(C(=O)CSc2cc(C)ccc2C)C2CCCC2)c(=O)[nH]c1=O. The predicted octanol–water partition coefficient (Wildman–Crippen LogP) is 3.60. The second-order valence-corrected chi connectivity index (χ2v) is 9.28. The molecule has 1 aromatic heterocycles. The summed E-state index contributed by atoms with van der Waals surface area (Å²) in [6, 6.07) is 6.08. The molecule has 0 spiro atoms. The Morgan fingerprint density at radius 2 is 1.97 bits per heavy atom. The molecule has 1 fully saturated rings. The number of H-pyrrole nitrogens is 1. The largest absolute Gasteiger partial charge is 0.383 e. The molecule has 1 aliphatic carbocycles. The highest BCUT2D eigenvalue weighted by molar-refractivity contribution is 8.00. The first-order valence-electron chi connectivity index (χ1n) is 11.0. The number of carbonyl (C=O) groups excluding carboxylic acids is 1. The molecule has 1 aliphatic rings. The minimum Gasteiger partial charge on any atom is -0.383 e. The quantitative estimate of drug-likeness (QED) is 0.606. The molecule has 0 radical (unpaired) electrons. The zero-order chi connectivity index (χ0) is 22.5. The summed E-state index contributed by atoms with van der Waals surface area (Å²) in [6.45, 7) is 6.48. The van der Waals surface area contributed by atoms with Crippen molar-refractivity contribution in [3.8, 4) is 0 Å². The topological polar surface area (TPSA) is 101 Å². The van der Waals surface area contributed by atoms with Gasteiger partial charge in [0.25, 0.3) is 5.56 Å². The highest BCUT2D eigenvalue weighted by atomic mass is 32.2. The van der Waals surface area contributed by atoms with Crippen LogP contribution in [0.1, 0.15) is 56.6 Å². The summed E-state index contributed by atoms with van der Waals surface area (Å²) in [5, 5.41) is 0. The summed E-state index contributed by atoms with van der Waals surface area (Å²) in [5.74, 6) is 0.128. The van der Waals surface area contributed by atoms with E-state index in [-0.39, 0.29) is 29.2 Å². The Balaban J connectivity index is 1.96. The number of hydrogen-bond donors (Lipinski definition) is 2. The first-order valence-corrected chi connectivity index (χ1v) is 12.0. The Morgan fingerprint density at radius 1 is 1.26 bits per heavy atom. The van der Waals surface area contributed by atoms with Crippen LogP contribution in [-0.4, -0.2) is 27.3 Å². The highest BCUT2D eigenvalue weighted by Gasteiger charge is 2.32. The van der Waals surface area contributed by atoms with Gasteiger partial charge in [0, 0.05) is 17.5 Å². The van der Waals surface area contributed by atoms with E-state index in [1.165, 1.54) is 16.3 Å². The van der Waals surface area contributed by atoms with Gasteiger partial charge in [-0.3, -0.25) is 19.1 Å². The number of amides is 1. The number of benzene rings is 1. The van der Waals surface area contributed by atoms with Crippen molar-refractivity contribution in [2.24, 2.45) is 0 Å². The number of aromatic nitrogens is 2. The third-order valence-corrected chi connectivity index (χ3v) is 6.99. The first-order chi connectivity index (χ1) is 14.8. The lowest BCUT2D eigenvalue weighted by Crippen LogP contribution is -2.46. The van der Waals surface area contributed by atoms with Crippen LogP contribution < -0.4 is 21.9 Å². The molecule has 1 heterocycles. The van der Waals surface area contributed by atoms with Gasteiger partial charge in [0.2, 0.25) is 5.91 Å². The molecule has 3 rings (SSSR count). The Bertz CT molecular complexity index is 1050. The minimum absolute atomic E-state index is 0.0766. The van der Waals surface area contributed by atoms with Crippen LogP contribution >= 0.6 is 11.8 Å². The second kappa shape index (κ2) is 10.2. The number of hydrogen-bond acceptors (Lipinski definition) is 5. The van der Waals surface area contributed by atoms with E-state index >= 15 is 0 Å². The number of aromatic amines is 1. The van der Waals surface area contributed by atoms with Crippen LogP contribution in [0.25, 0.3) is 0 Å². The molecule has 1 amide bonds. The van der Waals surface area contributed by atoms with Crippen LogP contribution in [0.2, 0.25) is 0 Å². The van der Waals surface area contributed by atoms with Crippen molar-refractivity contribution in [2.75, 3.05) is 16.4 Å². The van der Waals surface area contributed by atoms with Crippen molar-refractivity contribution < 1.29 is 4.79 Å². The fourth-order valence-corrected chi connectivity index (χ4v) is 5.08. The molecule has 0 bridgehead atoms. The number of nitrogens with one attached hydrogen (secondary N) is 1. The average Bonchev–Trinajstić information content (AvgIpc) is 3.25. The number of aryl methyl sites for hydroxylation is 2. The van der Waals surface area contributed by atoms with Crippen molar-refractivity contribution in [1.82, 2.24) is 9.55 Å². The third kappa shape index (κ3) is 5.23. The van der Waals surface area contributed by atoms with Crippen molar-refractivity contribution in [1.29, 1.82) is 0 Å². The Hall–Kier alpha value is -2.48. The van der Waals surface area contributed by atoms with Gasteiger partial charge in [0.15, 0.2) is 5.69 Å². The normalized spacial score (nSPS) is 14.2. The summed E-state index contributed by atoms with van der Waals surface area (Å²) in [7, 11) is 0. The predicted molar refractivity (Wildman–Crippen MR) is 127 cm³/mol. The maximum atomic E-state index is 13.4. The lowest BCUT2D eigenvalue weighted by Gasteiger charge is -2.30. The number of thioether (sulfide) groups is 1. The van der Waals surface area contributed by atoms with Gasteiger partial charge in [-0.05, 0) is 44.7 Å². The van der Waals surface area contributed by atoms with Gasteiger partial charge in [-0.25, -0.2) is 4.79 Å². The second-order valence-electron chi connectivity index (χ2n) is 8.26. The van der Waals surface area contributed by atoms with Gasteiger partial charge in [-0.2, -0.15) is 0 Å². The lowest BCUT2D eigenvalue weighted by molar-refractivity contribution is -0.116. The van der Waals surface area contributed by atoms with E-state index in [1.54, 1.807) is 4.90 Å². The molecule has 0 atom stereocenters. The summed E-state index contributed by atoms with van der Waals surface area (Å²) in [4.78, 5) is 43.6. The first kappa shape index (κ1) is 23.2. The fourth-order valence-electron chi connectivity index (χ4n) is 4.09. The van der Waals surface area contributed by atoms with Crippen LogP contribution in [0.5, 0.6) is 0 Å². The van der Waals surface area contributed by atoms with Gasteiger partial charge in [-0.1, -0.05) is 43.9 Å². The Kier molecular flexibility index (Phi) is 7.64. The van der Waals surface area contributed by atoms with E-state index in [2.05, 4.69) is 11.1 Å². The lowest BCUT2D eigenvalue weighted by atomic mass is 10.2. The minimum atomic E-state index is -0.591.